The van der Waals surface area contributed by atoms with Crippen LogP contribution in [0.1, 0.15) is 6.42 Å². The van der Waals surface area contributed by atoms with Crippen LogP contribution >= 0.6 is 11.3 Å². The minimum absolute atomic E-state index is 0. The van der Waals surface area contributed by atoms with Crippen LogP contribution in [0.15, 0.2) is 30.3 Å². The number of nitrogens with one attached hydrogen (secondary N) is 1. The van der Waals surface area contributed by atoms with E-state index < -0.39 is 0 Å². The average molecular weight is 435 g/mol. The van der Waals surface area contributed by atoms with Crippen molar-refractivity contribution in [3.05, 3.63) is 36.1 Å². The van der Waals surface area contributed by atoms with E-state index in [0.717, 1.165) is 66.3 Å². The fourth-order valence-corrected chi connectivity index (χ4v) is 5.02. The van der Waals surface area contributed by atoms with Crippen LogP contribution in [0.5, 0.6) is 0 Å². The lowest BCUT2D eigenvalue weighted by Gasteiger charge is -2.28. The third-order valence-corrected chi connectivity index (χ3v) is 6.57. The lowest BCUT2D eigenvalue weighted by atomic mass is 10.2. The minimum atomic E-state index is -0.250. The van der Waals surface area contributed by atoms with Crippen LogP contribution in [-0.4, -0.2) is 57.5 Å². The first-order chi connectivity index (χ1) is 13.8. The number of fused-ring (bicyclic) bond motifs is 2. The number of rotatable bonds is 2. The van der Waals surface area contributed by atoms with E-state index in [2.05, 4.69) is 38.3 Å². The largest absolute Gasteiger partial charge is 1.00 e. The Labute approximate surface area is 179 Å². The quantitative estimate of drug-likeness (QED) is 0.470. The highest BCUT2D eigenvalue weighted by molar-refractivity contribution is 7.24. The molecule has 3 aromatic rings. The molecule has 29 heavy (non-hydrogen) atoms. The van der Waals surface area contributed by atoms with Gasteiger partial charge in [-0.3, -0.25) is 0 Å². The molecule has 2 aromatic carbocycles. The highest BCUT2D eigenvalue weighted by atomic mass is 35.5. The van der Waals surface area contributed by atoms with Crippen LogP contribution in [0.4, 0.5) is 15.8 Å². The van der Waals surface area contributed by atoms with Crippen LogP contribution in [0, 0.1) is 5.82 Å². The monoisotopic (exact) mass is 434 g/mol. The Hall–Kier alpha value is -1.80. The first-order valence-electron chi connectivity index (χ1n) is 9.93. The average Bonchev–Trinajstić information content (AvgIpc) is 3.02. The van der Waals surface area contributed by atoms with Crippen molar-refractivity contribution < 1.29 is 21.5 Å². The van der Waals surface area contributed by atoms with E-state index in [4.69, 9.17) is 4.74 Å². The van der Waals surface area contributed by atoms with Gasteiger partial charge in [-0.25, -0.2) is 9.37 Å². The summed E-state index contributed by atoms with van der Waals surface area (Å²) in [7, 11) is 0. The van der Waals surface area contributed by atoms with Gasteiger partial charge in [0.05, 0.1) is 13.2 Å². The zero-order valence-corrected chi connectivity index (χ0v) is 17.7. The normalized spacial score (nSPS) is 18.0. The molecule has 8 heteroatoms. The molecule has 1 N–H and O–H groups in total. The smallest absolute Gasteiger partial charge is 0.262 e. The van der Waals surface area contributed by atoms with Gasteiger partial charge in [-0.15, -0.1) is 0 Å². The number of anilines is 2. The summed E-state index contributed by atoms with van der Waals surface area (Å²) in [5.74, 6) is -0.250. The molecule has 5 rings (SSSR count). The SMILES string of the molecule is Fc1cc(N2CCOCC2)cc2[s+]c3cc(N4CCCNCC4)ccc3nc12.[Cl-]. The molecule has 5 nitrogen and oxygen atoms in total. The molecule has 154 valence electrons. The standard InChI is InChI=1S/C21H24FN4OS.ClH/c22-17-12-16(26-8-10-27-11-9-26)14-20-21(17)24-18-3-2-15(13-19(18)28-20)25-6-1-4-23-5-7-25;/h2-3,12-14,23H,1,4-11H2;1H/q+1;/p-1. The van der Waals surface area contributed by atoms with Gasteiger partial charge in [-0.05, 0) is 31.2 Å². The third-order valence-electron chi connectivity index (χ3n) is 5.49. The maximum absolute atomic E-state index is 14.8. The van der Waals surface area contributed by atoms with E-state index in [1.807, 2.05) is 6.07 Å². The van der Waals surface area contributed by atoms with Crippen LogP contribution < -0.4 is 27.5 Å². The fourth-order valence-electron chi connectivity index (χ4n) is 3.97. The van der Waals surface area contributed by atoms with Gasteiger partial charge in [0, 0.05) is 56.2 Å². The number of hydrogen-bond donors (Lipinski definition) is 1. The Bertz CT molecular complexity index is 1010. The van der Waals surface area contributed by atoms with Crippen LogP contribution in [0.2, 0.25) is 0 Å². The number of halogens is 2. The predicted octanol–water partition coefficient (Wildman–Crippen LogP) is 0.510. The molecule has 0 spiro atoms. The molecule has 0 bridgehead atoms. The number of ether oxygens (including phenoxy) is 1. The molecule has 2 aliphatic rings. The summed E-state index contributed by atoms with van der Waals surface area (Å²) in [6, 6.07) is 10.0. The highest BCUT2D eigenvalue weighted by Gasteiger charge is 2.21. The maximum atomic E-state index is 14.8. The molecule has 0 aliphatic carbocycles. The second-order valence-corrected chi connectivity index (χ2v) is 8.41. The number of benzene rings is 2. The van der Waals surface area contributed by atoms with Gasteiger partial charge >= 0.3 is 0 Å². The number of hydrogen-bond acceptors (Lipinski definition) is 5. The summed E-state index contributed by atoms with van der Waals surface area (Å²) in [4.78, 5) is 9.23. The van der Waals surface area contributed by atoms with E-state index in [0.29, 0.717) is 18.7 Å². The van der Waals surface area contributed by atoms with Crippen molar-refractivity contribution in [2.45, 2.75) is 6.42 Å². The van der Waals surface area contributed by atoms with Crippen molar-refractivity contribution in [2.75, 3.05) is 62.3 Å². The van der Waals surface area contributed by atoms with Gasteiger partial charge in [0.1, 0.15) is 5.52 Å². The second-order valence-electron chi connectivity index (χ2n) is 7.33. The minimum Gasteiger partial charge on any atom is -1.00 e. The molecular formula is C21H24ClFN4OS. The zero-order chi connectivity index (χ0) is 18.9. The molecule has 2 saturated heterocycles. The predicted molar refractivity (Wildman–Crippen MR) is 114 cm³/mol. The summed E-state index contributed by atoms with van der Waals surface area (Å²) >= 11 is 1.62. The fraction of sp³-hybridized carbons (Fsp3) is 0.429. The Morgan fingerprint density at radius 1 is 0.931 bits per heavy atom. The van der Waals surface area contributed by atoms with Crippen LogP contribution in [0.25, 0.3) is 20.4 Å². The van der Waals surface area contributed by atoms with E-state index in [1.165, 1.54) is 5.69 Å². The highest BCUT2D eigenvalue weighted by Crippen LogP contribution is 2.33. The Morgan fingerprint density at radius 3 is 2.59 bits per heavy atom. The molecule has 2 fully saturated rings. The molecule has 0 unspecified atom stereocenters. The van der Waals surface area contributed by atoms with E-state index in [-0.39, 0.29) is 18.2 Å². The van der Waals surface area contributed by atoms with Crippen LogP contribution in [0.3, 0.4) is 0 Å². The summed E-state index contributed by atoms with van der Waals surface area (Å²) in [5.41, 5.74) is 3.45. The molecule has 1 aromatic heterocycles. The summed E-state index contributed by atoms with van der Waals surface area (Å²) in [5, 5.41) is 3.45. The summed E-state index contributed by atoms with van der Waals surface area (Å²) in [6.07, 6.45) is 1.14. The van der Waals surface area contributed by atoms with E-state index >= 15 is 0 Å². The second kappa shape index (κ2) is 8.92. The lowest BCUT2D eigenvalue weighted by molar-refractivity contribution is -0.00000680. The molecule has 2 aliphatic heterocycles. The molecule has 0 radical (unpaired) electrons. The van der Waals surface area contributed by atoms with Crippen molar-refractivity contribution >= 4 is 43.1 Å². The van der Waals surface area contributed by atoms with Gasteiger partial charge < -0.3 is 32.3 Å². The molecule has 0 atom stereocenters. The van der Waals surface area contributed by atoms with Crippen molar-refractivity contribution in [3.8, 4) is 0 Å². The van der Waals surface area contributed by atoms with E-state index in [1.54, 1.807) is 17.4 Å². The van der Waals surface area contributed by atoms with Crippen molar-refractivity contribution in [2.24, 2.45) is 0 Å². The van der Waals surface area contributed by atoms with Crippen molar-refractivity contribution in [1.29, 1.82) is 0 Å². The molecular weight excluding hydrogens is 411 g/mol. The molecule has 3 heterocycles. The Kier molecular flexibility index (Phi) is 6.29. The van der Waals surface area contributed by atoms with Crippen LogP contribution in [-0.2, 0) is 4.74 Å². The van der Waals surface area contributed by atoms with Gasteiger partial charge in [0.25, 0.3) is 9.40 Å². The third kappa shape index (κ3) is 4.23. The van der Waals surface area contributed by atoms with E-state index in [9.17, 15) is 4.39 Å². The zero-order valence-electron chi connectivity index (χ0n) is 16.2. The first kappa shape index (κ1) is 20.5. The van der Waals surface area contributed by atoms with Crippen molar-refractivity contribution in [1.82, 2.24) is 10.3 Å². The summed E-state index contributed by atoms with van der Waals surface area (Å²) in [6.45, 7) is 7.11. The first-order valence-corrected chi connectivity index (χ1v) is 10.8. The maximum Gasteiger partial charge on any atom is 0.262 e. The summed E-state index contributed by atoms with van der Waals surface area (Å²) < 4.78 is 22.2. The van der Waals surface area contributed by atoms with Crippen molar-refractivity contribution in [3.63, 3.8) is 0 Å². The molecule has 0 amide bonds. The van der Waals surface area contributed by atoms with Gasteiger partial charge in [0.2, 0.25) is 11.3 Å². The van der Waals surface area contributed by atoms with Gasteiger partial charge in [-0.2, -0.15) is 0 Å². The molecule has 0 saturated carbocycles. The number of nitrogens with zero attached hydrogens (tertiary/aromatic N) is 3. The van der Waals surface area contributed by atoms with Gasteiger partial charge in [0.15, 0.2) is 11.3 Å². The topological polar surface area (TPSA) is 40.6 Å². The van der Waals surface area contributed by atoms with Gasteiger partial charge in [-0.1, -0.05) is 0 Å². The number of aromatic nitrogens is 1. The Balaban J connectivity index is 0.00000205. The lowest BCUT2D eigenvalue weighted by Crippen LogP contribution is -3.00. The Morgan fingerprint density at radius 2 is 1.72 bits per heavy atom. The number of morpholine rings is 1.